The SMILES string of the molecule is O=C(CN1CCC(OCc2ccccc2)CC1)Nc1cccc(N2CCCC2=O)c1. The molecule has 0 aliphatic carbocycles. The minimum absolute atomic E-state index is 0.0245. The molecule has 0 bridgehead atoms. The Kier molecular flexibility index (Phi) is 6.77. The molecule has 0 unspecified atom stereocenters. The van der Waals surface area contributed by atoms with E-state index < -0.39 is 0 Å². The quantitative estimate of drug-likeness (QED) is 0.764. The van der Waals surface area contributed by atoms with Crippen LogP contribution in [0.2, 0.25) is 0 Å². The molecular weight excluding hydrogens is 378 g/mol. The van der Waals surface area contributed by atoms with E-state index in [0.717, 1.165) is 50.3 Å². The molecule has 2 saturated heterocycles. The van der Waals surface area contributed by atoms with E-state index in [1.165, 1.54) is 5.56 Å². The van der Waals surface area contributed by atoms with E-state index in [1.54, 1.807) is 4.90 Å². The number of carbonyl (C=O) groups is 2. The Morgan fingerprint density at radius 3 is 2.57 bits per heavy atom. The highest BCUT2D eigenvalue weighted by atomic mass is 16.5. The van der Waals surface area contributed by atoms with Gasteiger partial charge in [0.2, 0.25) is 11.8 Å². The van der Waals surface area contributed by atoms with Gasteiger partial charge in [0.25, 0.3) is 0 Å². The number of nitrogens with one attached hydrogen (secondary N) is 1. The molecule has 0 aromatic heterocycles. The third kappa shape index (κ3) is 5.46. The third-order valence-electron chi connectivity index (χ3n) is 5.75. The van der Waals surface area contributed by atoms with Gasteiger partial charge in [-0.05, 0) is 43.0 Å². The molecule has 2 aliphatic rings. The topological polar surface area (TPSA) is 61.9 Å². The standard InChI is InChI=1S/C24H29N3O3/c28-23(25-20-8-4-9-21(16-20)27-13-5-10-24(27)29)17-26-14-11-22(12-15-26)30-18-19-6-2-1-3-7-19/h1-4,6-9,16,22H,5,10-15,17-18H2,(H,25,28). The summed E-state index contributed by atoms with van der Waals surface area (Å²) >= 11 is 0. The van der Waals surface area contributed by atoms with Gasteiger partial charge in [0.15, 0.2) is 0 Å². The molecule has 2 aromatic rings. The van der Waals surface area contributed by atoms with E-state index in [4.69, 9.17) is 4.74 Å². The van der Waals surface area contributed by atoms with E-state index in [9.17, 15) is 9.59 Å². The van der Waals surface area contributed by atoms with Gasteiger partial charge in [-0.25, -0.2) is 0 Å². The van der Waals surface area contributed by atoms with Crippen molar-refractivity contribution in [1.29, 1.82) is 0 Å². The Morgan fingerprint density at radius 1 is 1.03 bits per heavy atom. The average Bonchev–Trinajstić information content (AvgIpc) is 3.20. The van der Waals surface area contributed by atoms with E-state index in [0.29, 0.717) is 19.6 Å². The lowest BCUT2D eigenvalue weighted by Crippen LogP contribution is -2.41. The fraction of sp³-hybridized carbons (Fsp3) is 0.417. The second-order valence-electron chi connectivity index (χ2n) is 8.02. The number of nitrogens with zero attached hydrogens (tertiary/aromatic N) is 2. The van der Waals surface area contributed by atoms with Gasteiger partial charge in [0.05, 0.1) is 19.3 Å². The molecular formula is C24H29N3O3. The van der Waals surface area contributed by atoms with Crippen LogP contribution >= 0.6 is 0 Å². The summed E-state index contributed by atoms with van der Waals surface area (Å²) in [5.74, 6) is 0.124. The first-order valence-electron chi connectivity index (χ1n) is 10.8. The highest BCUT2D eigenvalue weighted by Gasteiger charge is 2.23. The van der Waals surface area contributed by atoms with Crippen LogP contribution in [0.1, 0.15) is 31.2 Å². The molecule has 2 aromatic carbocycles. The summed E-state index contributed by atoms with van der Waals surface area (Å²) in [6, 6.07) is 17.8. The van der Waals surface area contributed by atoms with Crippen molar-refractivity contribution in [1.82, 2.24) is 4.90 Å². The van der Waals surface area contributed by atoms with Crippen LogP contribution in [0.4, 0.5) is 11.4 Å². The van der Waals surface area contributed by atoms with Gasteiger partial charge >= 0.3 is 0 Å². The van der Waals surface area contributed by atoms with Crippen molar-refractivity contribution in [2.45, 2.75) is 38.4 Å². The summed E-state index contributed by atoms with van der Waals surface area (Å²) in [5.41, 5.74) is 2.78. The Balaban J connectivity index is 1.21. The molecule has 6 nitrogen and oxygen atoms in total. The third-order valence-corrected chi connectivity index (χ3v) is 5.75. The second-order valence-corrected chi connectivity index (χ2v) is 8.02. The van der Waals surface area contributed by atoms with Crippen LogP contribution in [0, 0.1) is 0 Å². The van der Waals surface area contributed by atoms with Gasteiger partial charge in [-0.1, -0.05) is 36.4 Å². The van der Waals surface area contributed by atoms with Crippen molar-refractivity contribution >= 4 is 23.2 Å². The number of ether oxygens (including phenoxy) is 1. The van der Waals surface area contributed by atoms with Crippen LogP contribution in [0.5, 0.6) is 0 Å². The summed E-state index contributed by atoms with van der Waals surface area (Å²) < 4.78 is 6.03. The largest absolute Gasteiger partial charge is 0.373 e. The Morgan fingerprint density at radius 2 is 1.83 bits per heavy atom. The number of amides is 2. The zero-order valence-corrected chi connectivity index (χ0v) is 17.3. The molecule has 2 amide bonds. The van der Waals surface area contributed by atoms with Gasteiger partial charge in [-0.2, -0.15) is 0 Å². The molecule has 30 heavy (non-hydrogen) atoms. The number of anilines is 2. The minimum Gasteiger partial charge on any atom is -0.373 e. The van der Waals surface area contributed by atoms with Crippen molar-refractivity contribution in [3.63, 3.8) is 0 Å². The van der Waals surface area contributed by atoms with Crippen molar-refractivity contribution in [2.24, 2.45) is 0 Å². The molecule has 4 rings (SSSR count). The van der Waals surface area contributed by atoms with Crippen molar-refractivity contribution in [3.8, 4) is 0 Å². The van der Waals surface area contributed by atoms with Gasteiger partial charge in [-0.15, -0.1) is 0 Å². The summed E-state index contributed by atoms with van der Waals surface area (Å²) in [5, 5.41) is 2.98. The van der Waals surface area contributed by atoms with Crippen LogP contribution in [-0.4, -0.2) is 49.0 Å². The highest BCUT2D eigenvalue weighted by molar-refractivity contribution is 5.97. The first kappa shape index (κ1) is 20.6. The molecule has 0 radical (unpaired) electrons. The first-order chi connectivity index (χ1) is 14.7. The molecule has 2 fully saturated rings. The number of benzene rings is 2. The summed E-state index contributed by atoms with van der Waals surface area (Å²) in [6.07, 6.45) is 3.61. The van der Waals surface area contributed by atoms with Crippen LogP contribution in [0.15, 0.2) is 54.6 Å². The Labute approximate surface area is 177 Å². The highest BCUT2D eigenvalue weighted by Crippen LogP contribution is 2.24. The lowest BCUT2D eigenvalue weighted by molar-refractivity contribution is -0.118. The smallest absolute Gasteiger partial charge is 0.238 e. The number of carbonyl (C=O) groups excluding carboxylic acids is 2. The number of hydrogen-bond acceptors (Lipinski definition) is 4. The van der Waals surface area contributed by atoms with Gasteiger partial charge in [0.1, 0.15) is 0 Å². The van der Waals surface area contributed by atoms with Gasteiger partial charge in [-0.3, -0.25) is 14.5 Å². The predicted octanol–water partition coefficient (Wildman–Crippen LogP) is 3.43. The average molecular weight is 408 g/mol. The maximum absolute atomic E-state index is 12.5. The fourth-order valence-corrected chi connectivity index (χ4v) is 4.10. The van der Waals surface area contributed by atoms with Crippen LogP contribution < -0.4 is 10.2 Å². The molecule has 0 spiro atoms. The lowest BCUT2D eigenvalue weighted by atomic mass is 10.1. The molecule has 0 saturated carbocycles. The predicted molar refractivity (Wildman–Crippen MR) is 117 cm³/mol. The van der Waals surface area contributed by atoms with Crippen LogP contribution in [-0.2, 0) is 20.9 Å². The molecule has 1 N–H and O–H groups in total. The van der Waals surface area contributed by atoms with Crippen LogP contribution in [0.3, 0.4) is 0 Å². The van der Waals surface area contributed by atoms with E-state index in [-0.39, 0.29) is 17.9 Å². The molecule has 2 heterocycles. The second kappa shape index (κ2) is 9.87. The van der Waals surface area contributed by atoms with Crippen molar-refractivity contribution in [3.05, 3.63) is 60.2 Å². The van der Waals surface area contributed by atoms with E-state index in [2.05, 4.69) is 22.3 Å². The normalized spacial score (nSPS) is 18.0. The summed E-state index contributed by atoms with van der Waals surface area (Å²) in [7, 11) is 0. The van der Waals surface area contributed by atoms with E-state index in [1.807, 2.05) is 42.5 Å². The fourth-order valence-electron chi connectivity index (χ4n) is 4.10. The maximum atomic E-state index is 12.5. The monoisotopic (exact) mass is 407 g/mol. The Hall–Kier alpha value is -2.70. The summed E-state index contributed by atoms with van der Waals surface area (Å²) in [6.45, 7) is 3.47. The minimum atomic E-state index is -0.0245. The van der Waals surface area contributed by atoms with Crippen molar-refractivity contribution in [2.75, 3.05) is 36.4 Å². The number of piperidine rings is 1. The zero-order valence-electron chi connectivity index (χ0n) is 17.3. The lowest BCUT2D eigenvalue weighted by Gasteiger charge is -2.31. The first-order valence-corrected chi connectivity index (χ1v) is 10.8. The van der Waals surface area contributed by atoms with Gasteiger partial charge < -0.3 is 15.0 Å². The zero-order chi connectivity index (χ0) is 20.8. The number of rotatable bonds is 7. The van der Waals surface area contributed by atoms with Crippen molar-refractivity contribution < 1.29 is 14.3 Å². The molecule has 6 heteroatoms. The number of hydrogen-bond donors (Lipinski definition) is 1. The summed E-state index contributed by atoms with van der Waals surface area (Å²) in [4.78, 5) is 28.4. The Bertz CT molecular complexity index is 863. The van der Waals surface area contributed by atoms with Gasteiger partial charge in [0, 0.05) is 37.4 Å². The van der Waals surface area contributed by atoms with E-state index >= 15 is 0 Å². The molecule has 0 atom stereocenters. The number of likely N-dealkylation sites (tertiary alicyclic amines) is 1. The van der Waals surface area contributed by atoms with Crippen LogP contribution in [0.25, 0.3) is 0 Å². The molecule has 2 aliphatic heterocycles. The maximum Gasteiger partial charge on any atom is 0.238 e. The molecule has 158 valence electrons.